The van der Waals surface area contributed by atoms with Gasteiger partial charge in [-0.15, -0.1) is 0 Å². The molecule has 0 radical (unpaired) electrons. The standard InChI is InChI=1S/C48H36N2O2/c51-46-25-14-26-47(52)48(46)33-27-29-37(30-28-33)50(36-19-8-3-9-20-36)45-32-43-38-21-10-12-23-40(38)44(31-42(43)39-22-11-13-24-41(39)45)49(34-15-4-1-5-16-34)35-17-6-2-7-18-35/h1-10,12,14-32,51-52H,11,13H2. The second kappa shape index (κ2) is 13.2. The summed E-state index contributed by atoms with van der Waals surface area (Å²) >= 11 is 0. The number of phenols is 2. The first-order valence-corrected chi connectivity index (χ1v) is 17.7. The van der Waals surface area contributed by atoms with Gasteiger partial charge in [-0.1, -0.05) is 109 Å². The number of aromatic hydroxyl groups is 2. The van der Waals surface area contributed by atoms with Crippen molar-refractivity contribution in [2.45, 2.75) is 12.8 Å². The zero-order valence-electron chi connectivity index (χ0n) is 28.5. The number of fused-ring (bicyclic) bond motifs is 5. The van der Waals surface area contributed by atoms with Crippen LogP contribution in [0.25, 0.3) is 44.8 Å². The minimum absolute atomic E-state index is 0.0470. The monoisotopic (exact) mass is 672 g/mol. The number of para-hydroxylation sites is 3. The highest BCUT2D eigenvalue weighted by Crippen LogP contribution is 2.43. The third kappa shape index (κ3) is 5.42. The Balaban J connectivity index is 1.31. The van der Waals surface area contributed by atoms with Gasteiger partial charge in [-0.25, -0.2) is 0 Å². The summed E-state index contributed by atoms with van der Waals surface area (Å²) in [6.45, 7) is 0. The quantitative estimate of drug-likeness (QED) is 0.165. The Hall–Kier alpha value is -6.78. The molecule has 0 unspecified atom stereocenters. The van der Waals surface area contributed by atoms with Gasteiger partial charge < -0.3 is 20.0 Å². The molecule has 0 atom stereocenters. The Bertz CT molecular complexity index is 2630. The number of benzene rings is 8. The maximum Gasteiger partial charge on any atom is 0.127 e. The van der Waals surface area contributed by atoms with Gasteiger partial charge in [0, 0.05) is 33.4 Å². The van der Waals surface area contributed by atoms with Gasteiger partial charge in [-0.2, -0.15) is 0 Å². The summed E-state index contributed by atoms with van der Waals surface area (Å²) in [5, 5.41) is 28.4. The molecule has 0 aliphatic heterocycles. The molecule has 0 fully saturated rings. The normalized spacial score (nSPS) is 12.2. The molecule has 0 saturated carbocycles. The Morgan fingerprint density at radius 3 is 1.40 bits per heavy atom. The van der Waals surface area contributed by atoms with E-state index < -0.39 is 0 Å². The molecule has 0 spiro atoms. The molecule has 250 valence electrons. The summed E-state index contributed by atoms with van der Waals surface area (Å²) in [7, 11) is 0. The summed E-state index contributed by atoms with van der Waals surface area (Å²) in [5.41, 5.74) is 7.64. The van der Waals surface area contributed by atoms with Crippen LogP contribution in [0.3, 0.4) is 0 Å². The van der Waals surface area contributed by atoms with Gasteiger partial charge in [0.1, 0.15) is 11.5 Å². The lowest BCUT2D eigenvalue weighted by Gasteiger charge is -2.29. The van der Waals surface area contributed by atoms with Crippen molar-refractivity contribution in [1.82, 2.24) is 0 Å². The van der Waals surface area contributed by atoms with E-state index >= 15 is 0 Å². The van der Waals surface area contributed by atoms with Crippen molar-refractivity contribution in [2.75, 3.05) is 9.80 Å². The van der Waals surface area contributed by atoms with Crippen LogP contribution >= 0.6 is 0 Å². The second-order valence-corrected chi connectivity index (χ2v) is 13.1. The Morgan fingerprint density at radius 2 is 0.827 bits per heavy atom. The molecule has 4 heteroatoms. The smallest absolute Gasteiger partial charge is 0.127 e. The van der Waals surface area contributed by atoms with Crippen molar-refractivity contribution in [3.8, 4) is 22.6 Å². The number of rotatable bonds is 7. The number of nitrogens with zero attached hydrogens (tertiary/aromatic N) is 2. The van der Waals surface area contributed by atoms with Crippen LogP contribution in [0, 0.1) is 0 Å². The average molecular weight is 673 g/mol. The molecule has 0 saturated heterocycles. The van der Waals surface area contributed by atoms with Gasteiger partial charge in [-0.05, 0) is 113 Å². The summed E-state index contributed by atoms with van der Waals surface area (Å²) in [5.74, 6) is 0.0940. The van der Waals surface area contributed by atoms with Crippen molar-refractivity contribution in [3.63, 3.8) is 0 Å². The van der Waals surface area contributed by atoms with Crippen LogP contribution in [0.1, 0.15) is 12.8 Å². The summed E-state index contributed by atoms with van der Waals surface area (Å²) < 4.78 is 0. The van der Waals surface area contributed by atoms with E-state index in [4.69, 9.17) is 0 Å². The van der Waals surface area contributed by atoms with E-state index in [-0.39, 0.29) is 11.5 Å². The first-order chi connectivity index (χ1) is 25.7. The van der Waals surface area contributed by atoms with Crippen LogP contribution in [0.15, 0.2) is 170 Å². The van der Waals surface area contributed by atoms with Crippen molar-refractivity contribution in [3.05, 3.63) is 180 Å². The maximum absolute atomic E-state index is 10.6. The fourth-order valence-corrected chi connectivity index (χ4v) is 7.70. The summed E-state index contributed by atoms with van der Waals surface area (Å²) in [6.07, 6.45) is 6.72. The second-order valence-electron chi connectivity index (χ2n) is 13.1. The van der Waals surface area contributed by atoms with Crippen molar-refractivity contribution in [2.24, 2.45) is 0 Å². The molecule has 8 aromatic carbocycles. The minimum Gasteiger partial charge on any atom is -0.507 e. The highest BCUT2D eigenvalue weighted by atomic mass is 16.3. The molecule has 0 amide bonds. The summed E-state index contributed by atoms with van der Waals surface area (Å²) in [4.78, 5) is 4.69. The van der Waals surface area contributed by atoms with Crippen LogP contribution < -0.4 is 20.2 Å². The number of hydrogen-bond donors (Lipinski definition) is 2. The molecule has 52 heavy (non-hydrogen) atoms. The SMILES string of the molecule is Oc1cccc(O)c1-c1ccc(N(c2ccccc2)c2cc3c(cc(N(c4ccccc4)c4ccccc4)c4ccccc43)c3c2=CCCC=3)cc1. The topological polar surface area (TPSA) is 46.9 Å². The lowest BCUT2D eigenvalue weighted by atomic mass is 9.93. The highest BCUT2D eigenvalue weighted by Gasteiger charge is 2.22. The average Bonchev–Trinajstić information content (AvgIpc) is 3.20. The molecular weight excluding hydrogens is 637 g/mol. The molecule has 2 N–H and O–H groups in total. The van der Waals surface area contributed by atoms with Crippen LogP contribution in [0.4, 0.5) is 34.1 Å². The molecule has 0 heterocycles. The third-order valence-corrected chi connectivity index (χ3v) is 10.0. The molecule has 0 aromatic heterocycles. The van der Waals surface area contributed by atoms with E-state index in [2.05, 4.69) is 155 Å². The number of phenolic OH excluding ortho intramolecular Hbond substituents is 2. The van der Waals surface area contributed by atoms with E-state index in [1.165, 1.54) is 32.0 Å². The number of anilines is 6. The van der Waals surface area contributed by atoms with E-state index in [0.29, 0.717) is 5.56 Å². The van der Waals surface area contributed by atoms with E-state index in [1.54, 1.807) is 18.2 Å². The van der Waals surface area contributed by atoms with Crippen molar-refractivity contribution < 1.29 is 10.2 Å². The van der Waals surface area contributed by atoms with Crippen LogP contribution in [-0.4, -0.2) is 10.2 Å². The largest absolute Gasteiger partial charge is 0.507 e. The Morgan fingerprint density at radius 1 is 0.365 bits per heavy atom. The van der Waals surface area contributed by atoms with E-state index in [0.717, 1.165) is 52.5 Å². The molecule has 1 aliphatic rings. The molecule has 8 aromatic rings. The molecule has 0 bridgehead atoms. The van der Waals surface area contributed by atoms with Gasteiger partial charge >= 0.3 is 0 Å². The van der Waals surface area contributed by atoms with E-state index in [1.807, 2.05) is 18.2 Å². The lowest BCUT2D eigenvalue weighted by molar-refractivity contribution is 0.454. The first-order valence-electron chi connectivity index (χ1n) is 17.7. The predicted octanol–water partition coefficient (Wildman–Crippen LogP) is 11.4. The Kier molecular flexibility index (Phi) is 7.90. The van der Waals surface area contributed by atoms with Crippen LogP contribution in [0.5, 0.6) is 11.5 Å². The van der Waals surface area contributed by atoms with E-state index in [9.17, 15) is 10.2 Å². The van der Waals surface area contributed by atoms with Crippen molar-refractivity contribution in [1.29, 1.82) is 0 Å². The molecular formula is C48H36N2O2. The summed E-state index contributed by atoms with van der Waals surface area (Å²) in [6, 6.07) is 58.1. The van der Waals surface area contributed by atoms with Gasteiger partial charge in [0.15, 0.2) is 0 Å². The Labute approximate surface area is 302 Å². The van der Waals surface area contributed by atoms with Gasteiger partial charge in [0.2, 0.25) is 0 Å². The fourth-order valence-electron chi connectivity index (χ4n) is 7.70. The molecule has 1 aliphatic carbocycles. The highest BCUT2D eigenvalue weighted by molar-refractivity contribution is 6.16. The third-order valence-electron chi connectivity index (χ3n) is 10.0. The minimum atomic E-state index is 0.0470. The molecule has 9 rings (SSSR count). The van der Waals surface area contributed by atoms with Crippen LogP contribution in [-0.2, 0) is 0 Å². The zero-order chi connectivity index (χ0) is 35.0. The van der Waals surface area contributed by atoms with Gasteiger partial charge in [0.05, 0.1) is 16.9 Å². The van der Waals surface area contributed by atoms with Crippen molar-refractivity contribution >= 4 is 67.8 Å². The van der Waals surface area contributed by atoms with Crippen LogP contribution in [0.2, 0.25) is 0 Å². The lowest BCUT2D eigenvalue weighted by Crippen LogP contribution is -2.33. The van der Waals surface area contributed by atoms with Gasteiger partial charge in [0.25, 0.3) is 0 Å². The number of hydrogen-bond acceptors (Lipinski definition) is 4. The first kappa shape index (κ1) is 31.2. The fraction of sp³-hybridized carbons (Fsp3) is 0.0417. The maximum atomic E-state index is 10.6. The molecule has 4 nitrogen and oxygen atoms in total. The zero-order valence-corrected chi connectivity index (χ0v) is 28.5. The van der Waals surface area contributed by atoms with Gasteiger partial charge in [-0.3, -0.25) is 0 Å². The predicted molar refractivity (Wildman–Crippen MR) is 217 cm³/mol.